The Hall–Kier alpha value is -2.92. The largest absolute Gasteiger partial charge is 0.353 e. The number of para-hydroxylation sites is 1. The van der Waals surface area contributed by atoms with Gasteiger partial charge in [0.2, 0.25) is 5.91 Å². The molecule has 32 heavy (non-hydrogen) atoms. The Morgan fingerprint density at radius 1 is 1.00 bits per heavy atom. The summed E-state index contributed by atoms with van der Waals surface area (Å²) in [4.78, 5) is 15.1. The highest BCUT2D eigenvalue weighted by Gasteiger charge is 2.27. The Morgan fingerprint density at radius 3 is 2.25 bits per heavy atom. The van der Waals surface area contributed by atoms with Crippen LogP contribution in [0.4, 0.5) is 0 Å². The van der Waals surface area contributed by atoms with Gasteiger partial charge in [-0.2, -0.15) is 5.10 Å². The molecule has 168 valence electrons. The number of likely N-dealkylation sites (tertiary alicyclic amines) is 1. The smallest absolute Gasteiger partial charge is 0.223 e. The van der Waals surface area contributed by atoms with E-state index in [9.17, 15) is 4.79 Å². The van der Waals surface area contributed by atoms with Gasteiger partial charge < -0.3 is 5.32 Å². The lowest BCUT2D eigenvalue weighted by molar-refractivity contribution is -0.127. The van der Waals surface area contributed by atoms with Crippen LogP contribution in [0.15, 0.2) is 66.9 Å². The van der Waals surface area contributed by atoms with Crippen molar-refractivity contribution in [2.24, 2.45) is 11.8 Å². The molecule has 1 aromatic heterocycles. The second kappa shape index (κ2) is 10.1. The molecule has 2 heterocycles. The monoisotopic (exact) mass is 430 g/mol. The molecule has 0 radical (unpaired) electrons. The first kappa shape index (κ1) is 22.3. The fraction of sp³-hybridized carbons (Fsp3) is 0.407. The van der Waals surface area contributed by atoms with Crippen molar-refractivity contribution in [2.45, 2.75) is 46.2 Å². The van der Waals surface area contributed by atoms with Gasteiger partial charge in [-0.1, -0.05) is 62.4 Å². The highest BCUT2D eigenvalue weighted by Crippen LogP contribution is 2.27. The molecule has 1 atom stereocenters. The first-order valence-corrected chi connectivity index (χ1v) is 11.7. The fourth-order valence-corrected chi connectivity index (χ4v) is 4.18. The van der Waals surface area contributed by atoms with Gasteiger partial charge in [-0.15, -0.1) is 0 Å². The van der Waals surface area contributed by atoms with Crippen molar-refractivity contribution in [1.82, 2.24) is 20.0 Å². The quantitative estimate of drug-likeness (QED) is 0.579. The van der Waals surface area contributed by atoms with Gasteiger partial charge in [0.05, 0.1) is 11.4 Å². The number of hydrogen-bond donors (Lipinski definition) is 1. The van der Waals surface area contributed by atoms with E-state index in [0.29, 0.717) is 5.92 Å². The van der Waals surface area contributed by atoms with Gasteiger partial charge in [0.25, 0.3) is 0 Å². The van der Waals surface area contributed by atoms with Gasteiger partial charge in [0.1, 0.15) is 0 Å². The van der Waals surface area contributed by atoms with Crippen molar-refractivity contribution in [3.8, 4) is 16.9 Å². The normalized spacial score (nSPS) is 16.2. The molecule has 0 aliphatic carbocycles. The maximum atomic E-state index is 12.6. The predicted molar refractivity (Wildman–Crippen MR) is 129 cm³/mol. The number of nitrogens with one attached hydrogen (secondary N) is 1. The summed E-state index contributed by atoms with van der Waals surface area (Å²) >= 11 is 0. The fourth-order valence-electron chi connectivity index (χ4n) is 4.18. The molecular formula is C27H34N4O. The van der Waals surface area contributed by atoms with E-state index >= 15 is 0 Å². The van der Waals surface area contributed by atoms with Gasteiger partial charge in [0.15, 0.2) is 0 Å². The summed E-state index contributed by atoms with van der Waals surface area (Å²) in [6, 6.07) is 20.9. The number of aromatic nitrogens is 2. The molecule has 5 heteroatoms. The van der Waals surface area contributed by atoms with Crippen LogP contribution in [-0.4, -0.2) is 39.7 Å². The number of rotatable bonds is 7. The molecule has 3 aromatic rings. The van der Waals surface area contributed by atoms with Gasteiger partial charge in [0, 0.05) is 35.8 Å². The summed E-state index contributed by atoms with van der Waals surface area (Å²) in [6.45, 7) is 9.08. The zero-order valence-corrected chi connectivity index (χ0v) is 19.4. The zero-order chi connectivity index (χ0) is 22.5. The number of carbonyl (C=O) groups excluding carboxylic acids is 1. The molecule has 5 nitrogen and oxygen atoms in total. The molecular weight excluding hydrogens is 396 g/mol. The molecule has 1 N–H and O–H groups in total. The number of carbonyl (C=O) groups is 1. The average Bonchev–Trinajstić information content (AvgIpc) is 3.24. The van der Waals surface area contributed by atoms with Crippen LogP contribution in [0, 0.1) is 11.8 Å². The SMILES string of the molecule is CC(C)C(C)NC(=O)C1CCN(Cc2cn(-c3ccccc3)nc2-c2ccccc2)CC1. The van der Waals surface area contributed by atoms with Crippen molar-refractivity contribution in [3.63, 3.8) is 0 Å². The third-order valence-electron chi connectivity index (χ3n) is 6.58. The van der Waals surface area contributed by atoms with E-state index in [1.165, 1.54) is 5.56 Å². The molecule has 1 unspecified atom stereocenters. The van der Waals surface area contributed by atoms with Crippen LogP contribution in [0.1, 0.15) is 39.2 Å². The van der Waals surface area contributed by atoms with E-state index in [4.69, 9.17) is 5.10 Å². The Bertz CT molecular complexity index is 1000. The topological polar surface area (TPSA) is 50.2 Å². The minimum atomic E-state index is 0.119. The Morgan fingerprint density at radius 2 is 1.62 bits per heavy atom. The minimum absolute atomic E-state index is 0.119. The van der Waals surface area contributed by atoms with Crippen molar-refractivity contribution >= 4 is 5.91 Å². The maximum Gasteiger partial charge on any atom is 0.223 e. The first-order valence-electron chi connectivity index (χ1n) is 11.7. The standard InChI is InChI=1S/C27H34N4O/c1-20(2)21(3)28-27(32)23-14-16-30(17-15-23)18-24-19-31(25-12-8-5-9-13-25)29-26(24)22-10-6-4-7-11-22/h4-13,19-21,23H,14-18H2,1-3H3,(H,28,32). The molecule has 1 aliphatic rings. The lowest BCUT2D eigenvalue weighted by Gasteiger charge is -2.32. The average molecular weight is 431 g/mol. The van der Waals surface area contributed by atoms with Gasteiger partial charge in [-0.05, 0) is 50.9 Å². The molecule has 1 amide bonds. The second-order valence-corrected chi connectivity index (χ2v) is 9.24. The van der Waals surface area contributed by atoms with E-state index in [0.717, 1.165) is 49.4 Å². The van der Waals surface area contributed by atoms with Crippen LogP contribution in [-0.2, 0) is 11.3 Å². The summed E-state index contributed by atoms with van der Waals surface area (Å²) in [6.07, 6.45) is 3.97. The highest BCUT2D eigenvalue weighted by atomic mass is 16.1. The van der Waals surface area contributed by atoms with E-state index in [1.54, 1.807) is 0 Å². The Balaban J connectivity index is 1.46. The van der Waals surface area contributed by atoms with E-state index < -0.39 is 0 Å². The van der Waals surface area contributed by atoms with Gasteiger partial charge in [-0.25, -0.2) is 4.68 Å². The van der Waals surface area contributed by atoms with Crippen LogP contribution in [0.2, 0.25) is 0 Å². The van der Waals surface area contributed by atoms with Crippen molar-refractivity contribution in [3.05, 3.63) is 72.4 Å². The van der Waals surface area contributed by atoms with Crippen LogP contribution >= 0.6 is 0 Å². The Labute approximate surface area is 191 Å². The predicted octanol–water partition coefficient (Wildman–Crippen LogP) is 4.91. The molecule has 0 saturated carbocycles. The summed E-state index contributed by atoms with van der Waals surface area (Å²) < 4.78 is 1.98. The summed E-state index contributed by atoms with van der Waals surface area (Å²) in [5, 5.41) is 8.13. The lowest BCUT2D eigenvalue weighted by Crippen LogP contribution is -2.44. The molecule has 1 saturated heterocycles. The third-order valence-corrected chi connectivity index (χ3v) is 6.58. The number of hydrogen-bond acceptors (Lipinski definition) is 3. The van der Waals surface area contributed by atoms with Crippen LogP contribution < -0.4 is 5.32 Å². The van der Waals surface area contributed by atoms with Gasteiger partial charge >= 0.3 is 0 Å². The first-order chi connectivity index (χ1) is 15.5. The van der Waals surface area contributed by atoms with E-state index in [-0.39, 0.29) is 17.9 Å². The number of nitrogens with zero attached hydrogens (tertiary/aromatic N) is 3. The number of amides is 1. The summed E-state index contributed by atoms with van der Waals surface area (Å²) in [5.74, 6) is 0.789. The number of benzene rings is 2. The molecule has 0 bridgehead atoms. The van der Waals surface area contributed by atoms with Gasteiger partial charge in [-0.3, -0.25) is 9.69 Å². The zero-order valence-electron chi connectivity index (χ0n) is 19.4. The summed E-state index contributed by atoms with van der Waals surface area (Å²) in [7, 11) is 0. The molecule has 1 aliphatic heterocycles. The van der Waals surface area contributed by atoms with Crippen molar-refractivity contribution in [1.29, 1.82) is 0 Å². The lowest BCUT2D eigenvalue weighted by atomic mass is 9.94. The van der Waals surface area contributed by atoms with E-state index in [1.807, 2.05) is 28.9 Å². The molecule has 1 fully saturated rings. The molecule has 0 spiro atoms. The van der Waals surface area contributed by atoms with Crippen molar-refractivity contribution < 1.29 is 4.79 Å². The van der Waals surface area contributed by atoms with Crippen LogP contribution in [0.5, 0.6) is 0 Å². The molecule has 2 aromatic carbocycles. The van der Waals surface area contributed by atoms with Crippen LogP contribution in [0.3, 0.4) is 0 Å². The van der Waals surface area contributed by atoms with Crippen molar-refractivity contribution in [2.75, 3.05) is 13.1 Å². The third kappa shape index (κ3) is 5.28. The Kier molecular flexibility index (Phi) is 7.05. The minimum Gasteiger partial charge on any atom is -0.353 e. The second-order valence-electron chi connectivity index (χ2n) is 9.24. The number of piperidine rings is 1. The summed E-state index contributed by atoms with van der Waals surface area (Å²) in [5.41, 5.74) is 4.44. The van der Waals surface area contributed by atoms with E-state index in [2.05, 4.69) is 73.6 Å². The molecule has 4 rings (SSSR count). The maximum absolute atomic E-state index is 12.6. The highest BCUT2D eigenvalue weighted by molar-refractivity contribution is 5.79. The van der Waals surface area contributed by atoms with Crippen LogP contribution in [0.25, 0.3) is 16.9 Å².